The summed E-state index contributed by atoms with van der Waals surface area (Å²) < 4.78 is 0. The molecule has 1 atom stereocenters. The van der Waals surface area contributed by atoms with Crippen molar-refractivity contribution in [3.63, 3.8) is 0 Å². The van der Waals surface area contributed by atoms with E-state index in [9.17, 15) is 9.90 Å². The van der Waals surface area contributed by atoms with E-state index in [1.807, 2.05) is 35.2 Å². The molecular weight excluding hydrogens is 250 g/mol. The molecule has 2 aromatic rings. The molecule has 2 aromatic carbocycles. The number of amides is 1. The van der Waals surface area contributed by atoms with Gasteiger partial charge in [0, 0.05) is 6.54 Å². The predicted molar refractivity (Wildman–Crippen MR) is 75.2 cm³/mol. The SMILES string of the molecule is O=C1Cc2ccccc2C2Cc3cc(O)ccc3CN12. The molecule has 3 nitrogen and oxygen atoms in total. The Morgan fingerprint density at radius 2 is 1.90 bits per heavy atom. The molecule has 1 unspecified atom stereocenters. The summed E-state index contributed by atoms with van der Waals surface area (Å²) in [5, 5.41) is 9.65. The minimum atomic E-state index is 0.113. The second-order valence-electron chi connectivity index (χ2n) is 5.57. The van der Waals surface area contributed by atoms with Crippen LogP contribution in [-0.4, -0.2) is 15.9 Å². The quantitative estimate of drug-likeness (QED) is 0.795. The average Bonchev–Trinajstić information content (AvgIpc) is 2.46. The van der Waals surface area contributed by atoms with E-state index in [4.69, 9.17) is 0 Å². The highest BCUT2D eigenvalue weighted by molar-refractivity contribution is 5.82. The third kappa shape index (κ3) is 1.63. The number of nitrogens with zero attached hydrogens (tertiary/aromatic N) is 1. The van der Waals surface area contributed by atoms with Gasteiger partial charge in [-0.3, -0.25) is 4.79 Å². The van der Waals surface area contributed by atoms with Crippen molar-refractivity contribution in [2.45, 2.75) is 25.4 Å². The van der Waals surface area contributed by atoms with Crippen molar-refractivity contribution >= 4 is 5.91 Å². The molecule has 0 saturated carbocycles. The van der Waals surface area contributed by atoms with Crippen LogP contribution in [0.3, 0.4) is 0 Å². The molecule has 0 spiro atoms. The molecule has 2 aliphatic rings. The van der Waals surface area contributed by atoms with Crippen molar-refractivity contribution in [3.05, 3.63) is 64.7 Å². The highest BCUT2D eigenvalue weighted by Crippen LogP contribution is 2.39. The van der Waals surface area contributed by atoms with Gasteiger partial charge >= 0.3 is 0 Å². The van der Waals surface area contributed by atoms with Gasteiger partial charge in [0.05, 0.1) is 12.5 Å². The fourth-order valence-electron chi connectivity index (χ4n) is 3.39. The number of fused-ring (bicyclic) bond motifs is 4. The maximum absolute atomic E-state index is 12.3. The fraction of sp³-hybridized carbons (Fsp3) is 0.235. The van der Waals surface area contributed by atoms with Gasteiger partial charge < -0.3 is 10.0 Å². The number of aromatic hydroxyl groups is 1. The lowest BCUT2D eigenvalue weighted by Crippen LogP contribution is -2.43. The molecule has 1 N–H and O–H groups in total. The Labute approximate surface area is 117 Å². The molecule has 0 aromatic heterocycles. The largest absolute Gasteiger partial charge is 0.508 e. The van der Waals surface area contributed by atoms with Crippen LogP contribution in [0, 0.1) is 0 Å². The van der Waals surface area contributed by atoms with Crippen LogP contribution < -0.4 is 0 Å². The summed E-state index contributed by atoms with van der Waals surface area (Å²) in [6.07, 6.45) is 1.28. The van der Waals surface area contributed by atoms with Crippen LogP contribution in [0.5, 0.6) is 5.75 Å². The zero-order valence-corrected chi connectivity index (χ0v) is 11.0. The van der Waals surface area contributed by atoms with Gasteiger partial charge in [-0.15, -0.1) is 0 Å². The van der Waals surface area contributed by atoms with Crippen LogP contribution in [0.4, 0.5) is 0 Å². The van der Waals surface area contributed by atoms with Crippen molar-refractivity contribution in [1.82, 2.24) is 4.90 Å². The molecule has 2 aliphatic heterocycles. The second-order valence-corrected chi connectivity index (χ2v) is 5.57. The van der Waals surface area contributed by atoms with E-state index < -0.39 is 0 Å². The van der Waals surface area contributed by atoms with Crippen LogP contribution in [0.1, 0.15) is 28.3 Å². The summed E-state index contributed by atoms with van der Waals surface area (Å²) >= 11 is 0. The Kier molecular flexibility index (Phi) is 2.36. The number of carbonyl (C=O) groups is 1. The van der Waals surface area contributed by atoms with Gasteiger partial charge in [0.25, 0.3) is 0 Å². The molecule has 3 heteroatoms. The Balaban J connectivity index is 1.83. The van der Waals surface area contributed by atoms with E-state index >= 15 is 0 Å². The third-order valence-electron chi connectivity index (χ3n) is 4.40. The summed E-state index contributed by atoms with van der Waals surface area (Å²) in [7, 11) is 0. The van der Waals surface area contributed by atoms with Crippen LogP contribution in [0.25, 0.3) is 0 Å². The van der Waals surface area contributed by atoms with E-state index in [0.717, 1.165) is 23.1 Å². The lowest BCUT2D eigenvalue weighted by Gasteiger charge is -2.41. The molecule has 2 heterocycles. The number of hydrogen-bond donors (Lipinski definition) is 1. The first-order chi connectivity index (χ1) is 9.72. The summed E-state index contributed by atoms with van der Waals surface area (Å²) in [5.41, 5.74) is 4.69. The normalized spacial score (nSPS) is 20.1. The van der Waals surface area contributed by atoms with Crippen LogP contribution in [0.2, 0.25) is 0 Å². The van der Waals surface area contributed by atoms with Gasteiger partial charge in [0.2, 0.25) is 5.91 Å². The van der Waals surface area contributed by atoms with Gasteiger partial charge in [-0.05, 0) is 40.8 Å². The topological polar surface area (TPSA) is 40.5 Å². The minimum absolute atomic E-state index is 0.113. The van der Waals surface area contributed by atoms with Crippen LogP contribution in [0.15, 0.2) is 42.5 Å². The monoisotopic (exact) mass is 265 g/mol. The van der Waals surface area contributed by atoms with Gasteiger partial charge in [0.1, 0.15) is 5.75 Å². The minimum Gasteiger partial charge on any atom is -0.508 e. The van der Waals surface area contributed by atoms with E-state index in [1.165, 1.54) is 5.56 Å². The van der Waals surface area contributed by atoms with E-state index in [2.05, 4.69) is 6.07 Å². The van der Waals surface area contributed by atoms with Gasteiger partial charge in [-0.1, -0.05) is 30.3 Å². The molecule has 0 bridgehead atoms. The predicted octanol–water partition coefficient (Wildman–Crippen LogP) is 2.57. The van der Waals surface area contributed by atoms with Gasteiger partial charge in [-0.25, -0.2) is 0 Å². The summed E-state index contributed by atoms with van der Waals surface area (Å²) in [5.74, 6) is 0.500. The van der Waals surface area contributed by atoms with Crippen molar-refractivity contribution in [2.24, 2.45) is 0 Å². The average molecular weight is 265 g/mol. The zero-order valence-electron chi connectivity index (χ0n) is 11.0. The number of carbonyl (C=O) groups excluding carboxylic acids is 1. The van der Waals surface area contributed by atoms with Crippen molar-refractivity contribution in [1.29, 1.82) is 0 Å². The lowest BCUT2D eigenvalue weighted by atomic mass is 9.84. The van der Waals surface area contributed by atoms with Crippen molar-refractivity contribution in [2.75, 3.05) is 0 Å². The number of hydrogen-bond acceptors (Lipinski definition) is 2. The van der Waals surface area contributed by atoms with E-state index in [1.54, 1.807) is 6.07 Å². The molecule has 0 radical (unpaired) electrons. The second kappa shape index (κ2) is 4.10. The van der Waals surface area contributed by atoms with Crippen LogP contribution >= 0.6 is 0 Å². The van der Waals surface area contributed by atoms with E-state index in [-0.39, 0.29) is 11.9 Å². The maximum atomic E-state index is 12.3. The molecule has 100 valence electrons. The number of rotatable bonds is 0. The first kappa shape index (κ1) is 11.5. The number of phenolic OH excluding ortho intramolecular Hbond substituents is 1. The molecular formula is C17H15NO2. The maximum Gasteiger partial charge on any atom is 0.227 e. The Hall–Kier alpha value is -2.29. The molecule has 1 amide bonds. The highest BCUT2D eigenvalue weighted by Gasteiger charge is 2.35. The molecule has 0 aliphatic carbocycles. The lowest BCUT2D eigenvalue weighted by molar-refractivity contribution is -0.135. The Morgan fingerprint density at radius 3 is 2.80 bits per heavy atom. The van der Waals surface area contributed by atoms with E-state index in [0.29, 0.717) is 18.7 Å². The van der Waals surface area contributed by atoms with Gasteiger partial charge in [0.15, 0.2) is 0 Å². The fourth-order valence-corrected chi connectivity index (χ4v) is 3.39. The Bertz CT molecular complexity index is 708. The number of phenols is 1. The highest BCUT2D eigenvalue weighted by atomic mass is 16.3. The molecule has 20 heavy (non-hydrogen) atoms. The van der Waals surface area contributed by atoms with Gasteiger partial charge in [-0.2, -0.15) is 0 Å². The Morgan fingerprint density at radius 1 is 1.05 bits per heavy atom. The molecule has 0 saturated heterocycles. The van der Waals surface area contributed by atoms with Crippen molar-refractivity contribution < 1.29 is 9.90 Å². The summed E-state index contributed by atoms with van der Waals surface area (Å²) in [6.45, 7) is 0.646. The van der Waals surface area contributed by atoms with Crippen LogP contribution in [-0.2, 0) is 24.2 Å². The first-order valence-corrected chi connectivity index (χ1v) is 6.90. The summed E-state index contributed by atoms with van der Waals surface area (Å²) in [6, 6.07) is 13.7. The molecule has 4 rings (SSSR count). The number of benzene rings is 2. The molecule has 0 fully saturated rings. The standard InChI is InChI=1S/C17H15NO2/c19-14-6-5-12-10-18-16(8-13(12)7-14)15-4-2-1-3-11(15)9-17(18)20/h1-7,16,19H,8-10H2. The smallest absolute Gasteiger partial charge is 0.227 e. The third-order valence-corrected chi connectivity index (χ3v) is 4.40. The van der Waals surface area contributed by atoms with Crippen molar-refractivity contribution in [3.8, 4) is 5.75 Å². The zero-order chi connectivity index (χ0) is 13.7. The summed E-state index contributed by atoms with van der Waals surface area (Å²) in [4.78, 5) is 14.3. The first-order valence-electron chi connectivity index (χ1n) is 6.90.